The van der Waals surface area contributed by atoms with Gasteiger partial charge in [0.05, 0.1) is 23.9 Å². The molecule has 11 heteroatoms. The van der Waals surface area contributed by atoms with E-state index in [0.717, 1.165) is 72.3 Å². The van der Waals surface area contributed by atoms with Crippen molar-refractivity contribution in [2.24, 2.45) is 28.8 Å². The largest absolute Gasteiger partial charge is 0.487 e. The molecule has 2 N–H and O–H groups in total. The van der Waals surface area contributed by atoms with E-state index >= 15 is 0 Å². The van der Waals surface area contributed by atoms with Crippen LogP contribution < -0.4 is 9.47 Å². The number of pyridine rings is 1. The Morgan fingerprint density at radius 1 is 1.05 bits per heavy atom. The molecule has 3 aliphatic carbocycles. The molecular formula is C49H62FN3O7. The average molecular weight is 824 g/mol. The van der Waals surface area contributed by atoms with Crippen LogP contribution in [0.4, 0.5) is 4.39 Å². The van der Waals surface area contributed by atoms with Gasteiger partial charge in [-0.3, -0.25) is 9.78 Å². The van der Waals surface area contributed by atoms with Gasteiger partial charge in [-0.15, -0.1) is 6.58 Å². The van der Waals surface area contributed by atoms with E-state index in [2.05, 4.69) is 23.7 Å². The molecule has 6 atom stereocenters. The van der Waals surface area contributed by atoms with Crippen molar-refractivity contribution < 1.29 is 38.4 Å². The Morgan fingerprint density at radius 3 is 2.48 bits per heavy atom. The van der Waals surface area contributed by atoms with Crippen molar-refractivity contribution in [3.63, 3.8) is 0 Å². The first-order chi connectivity index (χ1) is 28.9. The molecule has 4 aliphatic rings. The van der Waals surface area contributed by atoms with Gasteiger partial charge in [0.2, 0.25) is 11.7 Å². The van der Waals surface area contributed by atoms with Gasteiger partial charge in [-0.2, -0.15) is 0 Å². The molecule has 2 fully saturated rings. The number of benzene rings is 2. The van der Waals surface area contributed by atoms with Crippen LogP contribution in [0.1, 0.15) is 107 Å². The molecule has 0 bridgehead atoms. The minimum absolute atomic E-state index is 0.00561. The SMILES string of the molecule is C=CCOC12Oc3ccc(OCc4cccc(C)n4)cc3C3C(CCCCO)C(CCCCO)C=C(C(=NOC(C)(C)C)CC1N(Cc1ccc(F)cc1)C(=O)C1CC1)C32. The molecule has 10 nitrogen and oxygen atoms in total. The number of aliphatic hydroxyl groups is 2. The van der Waals surface area contributed by atoms with E-state index in [4.69, 9.17) is 24.2 Å². The average Bonchev–Trinajstić information content (AvgIpc) is 4.08. The van der Waals surface area contributed by atoms with Crippen molar-refractivity contribution >= 4 is 11.6 Å². The number of carbonyl (C=O) groups is 1. The van der Waals surface area contributed by atoms with Crippen molar-refractivity contribution in [2.45, 2.75) is 122 Å². The predicted molar refractivity (Wildman–Crippen MR) is 229 cm³/mol. The predicted octanol–water partition coefficient (Wildman–Crippen LogP) is 8.98. The molecule has 2 heterocycles. The summed E-state index contributed by atoms with van der Waals surface area (Å²) in [6.45, 7) is 12.8. The van der Waals surface area contributed by atoms with Gasteiger partial charge in [0.15, 0.2) is 0 Å². The molecule has 0 saturated heterocycles. The van der Waals surface area contributed by atoms with Crippen molar-refractivity contribution in [3.8, 4) is 11.5 Å². The van der Waals surface area contributed by atoms with E-state index < -0.39 is 23.3 Å². The Bertz CT molecular complexity index is 2030. The summed E-state index contributed by atoms with van der Waals surface area (Å²) in [6.07, 6.45) is 10.6. The third-order valence-electron chi connectivity index (χ3n) is 12.3. The number of aliphatic hydroxyl groups excluding tert-OH is 2. The van der Waals surface area contributed by atoms with Gasteiger partial charge >= 0.3 is 0 Å². The number of amides is 1. The number of fused-ring (bicyclic) bond motifs is 2. The van der Waals surface area contributed by atoms with E-state index in [0.29, 0.717) is 37.4 Å². The smallest absolute Gasteiger partial charge is 0.239 e. The monoisotopic (exact) mass is 823 g/mol. The summed E-state index contributed by atoms with van der Waals surface area (Å²) in [5.74, 6) is -1.000. The summed E-state index contributed by atoms with van der Waals surface area (Å²) in [5.41, 5.74) is 4.63. The van der Waals surface area contributed by atoms with Crippen LogP contribution in [-0.2, 0) is 27.5 Å². The lowest BCUT2D eigenvalue weighted by Gasteiger charge is -2.60. The quantitative estimate of drug-likeness (QED) is 0.0698. The highest BCUT2D eigenvalue weighted by atomic mass is 19.1. The molecule has 0 spiro atoms. The Hall–Kier alpha value is -4.58. The normalized spacial score (nSPS) is 25.1. The molecule has 0 radical (unpaired) electrons. The van der Waals surface area contributed by atoms with Crippen LogP contribution in [0.3, 0.4) is 0 Å². The van der Waals surface area contributed by atoms with Crippen molar-refractivity contribution in [2.75, 3.05) is 19.8 Å². The van der Waals surface area contributed by atoms with Gasteiger partial charge in [0.1, 0.15) is 35.6 Å². The summed E-state index contributed by atoms with van der Waals surface area (Å²) in [5, 5.41) is 24.8. The maximum absolute atomic E-state index is 14.7. The van der Waals surface area contributed by atoms with Crippen LogP contribution in [-0.4, -0.2) is 69.0 Å². The van der Waals surface area contributed by atoms with E-state index in [1.807, 2.05) is 62.9 Å². The van der Waals surface area contributed by atoms with Crippen molar-refractivity contribution in [1.82, 2.24) is 9.88 Å². The number of unbranched alkanes of at least 4 members (excludes halogenated alkanes) is 2. The number of hydrogen-bond acceptors (Lipinski definition) is 9. The Kier molecular flexibility index (Phi) is 13.8. The first-order valence-electron chi connectivity index (χ1n) is 21.8. The fourth-order valence-electron chi connectivity index (χ4n) is 9.46. The van der Waals surface area contributed by atoms with Gasteiger partial charge in [-0.05, 0) is 132 Å². The number of oxime groups is 1. The molecule has 3 aromatic rings. The molecule has 2 saturated carbocycles. The summed E-state index contributed by atoms with van der Waals surface area (Å²) in [7, 11) is 0. The number of rotatable bonds is 19. The van der Waals surface area contributed by atoms with E-state index in [9.17, 15) is 19.4 Å². The zero-order valence-electron chi connectivity index (χ0n) is 35.7. The second-order valence-electron chi connectivity index (χ2n) is 17.9. The minimum Gasteiger partial charge on any atom is -0.487 e. The Labute approximate surface area is 354 Å². The number of carbonyl (C=O) groups excluding carboxylic acids is 1. The molecule has 2 aromatic carbocycles. The molecular weight excluding hydrogens is 762 g/mol. The first kappa shape index (κ1) is 43.5. The number of halogens is 1. The van der Waals surface area contributed by atoms with Crippen LogP contribution in [0.25, 0.3) is 0 Å². The maximum Gasteiger partial charge on any atom is 0.239 e. The first-order valence-corrected chi connectivity index (χ1v) is 21.8. The number of ether oxygens (including phenoxy) is 3. The standard InChI is InChI=1S/C49H62FN3O7/c1-6-26-58-49-44(53(47(56)34-18-19-34)30-33-16-20-36(50)21-17-33)29-42(52-60-48(3,4)5)40-27-35(13-7-9-24-54)39(15-8-10-25-55)45(46(40)49)41-28-38(22-23-43(41)59-49)57-31-37-14-11-12-32(2)51-37/h6,11-12,14,16-17,20-23,27-28,34-35,39,44-46,54-55H,1,7-10,13,15,18-19,24-26,29-31H2,2-5H3. The van der Waals surface area contributed by atoms with Crippen molar-refractivity contribution in [3.05, 3.63) is 113 Å². The molecule has 60 heavy (non-hydrogen) atoms. The van der Waals surface area contributed by atoms with Crippen LogP contribution in [0, 0.1) is 36.4 Å². The van der Waals surface area contributed by atoms with Crippen molar-refractivity contribution in [1.29, 1.82) is 0 Å². The topological polar surface area (TPSA) is 123 Å². The maximum atomic E-state index is 14.7. The van der Waals surface area contributed by atoms with Gasteiger partial charge in [0, 0.05) is 49.3 Å². The minimum atomic E-state index is -1.39. The zero-order valence-corrected chi connectivity index (χ0v) is 35.7. The Balaban J connectivity index is 1.44. The molecule has 6 unspecified atom stereocenters. The highest BCUT2D eigenvalue weighted by molar-refractivity contribution is 6.03. The number of aryl methyl sites for hydroxylation is 1. The number of allylic oxidation sites excluding steroid dienone is 1. The highest BCUT2D eigenvalue weighted by Crippen LogP contribution is 2.62. The lowest BCUT2D eigenvalue weighted by molar-refractivity contribution is -0.258. The summed E-state index contributed by atoms with van der Waals surface area (Å²) >= 11 is 0. The van der Waals surface area contributed by atoms with Gasteiger partial charge in [-0.25, -0.2) is 4.39 Å². The van der Waals surface area contributed by atoms with Gasteiger partial charge < -0.3 is 34.2 Å². The second-order valence-corrected chi connectivity index (χ2v) is 17.9. The highest BCUT2D eigenvalue weighted by Gasteiger charge is 2.66. The van der Waals surface area contributed by atoms with E-state index in [-0.39, 0.29) is 61.8 Å². The number of hydrogen-bond donors (Lipinski definition) is 2. The molecule has 1 aliphatic heterocycles. The van der Waals surface area contributed by atoms with Crippen LogP contribution in [0.5, 0.6) is 11.5 Å². The third-order valence-corrected chi connectivity index (χ3v) is 12.3. The fraction of sp³-hybridized carbons (Fsp3) is 0.531. The lowest BCUT2D eigenvalue weighted by atomic mass is 9.55. The zero-order chi connectivity index (χ0) is 42.4. The Morgan fingerprint density at radius 2 is 1.80 bits per heavy atom. The number of nitrogens with zero attached hydrogens (tertiary/aromatic N) is 3. The summed E-state index contributed by atoms with van der Waals surface area (Å²) in [6, 6.07) is 17.5. The third kappa shape index (κ3) is 9.79. The van der Waals surface area contributed by atoms with E-state index in [1.54, 1.807) is 18.2 Å². The lowest BCUT2D eigenvalue weighted by Crippen LogP contribution is -2.70. The van der Waals surface area contributed by atoms with Gasteiger partial charge in [0.25, 0.3) is 0 Å². The molecule has 1 aromatic heterocycles. The van der Waals surface area contributed by atoms with E-state index in [1.165, 1.54) is 12.1 Å². The van der Waals surface area contributed by atoms with Crippen LogP contribution in [0.2, 0.25) is 0 Å². The molecule has 1 amide bonds. The second kappa shape index (κ2) is 19.0. The van der Waals surface area contributed by atoms with Gasteiger partial charge in [-0.1, -0.05) is 48.3 Å². The summed E-state index contributed by atoms with van der Waals surface area (Å²) < 4.78 is 35.2. The summed E-state index contributed by atoms with van der Waals surface area (Å²) in [4.78, 5) is 27.6. The molecule has 7 rings (SSSR count). The fourth-order valence-corrected chi connectivity index (χ4v) is 9.46. The molecule has 322 valence electrons. The van der Waals surface area contributed by atoms with Crippen LogP contribution in [0.15, 0.2) is 90.1 Å². The number of aromatic nitrogens is 1. The van der Waals surface area contributed by atoms with Crippen LogP contribution >= 0.6 is 0 Å².